The Morgan fingerprint density at radius 3 is 2.46 bits per heavy atom. The van der Waals surface area contributed by atoms with Crippen LogP contribution in [0.3, 0.4) is 0 Å². The molecule has 2 aliphatic rings. The Bertz CT molecular complexity index is 645. The molecule has 0 aromatic heterocycles. The number of carbonyl (C=O) groups is 2. The number of amides is 2. The molecule has 2 atom stereocenters. The van der Waals surface area contributed by atoms with Crippen LogP contribution in [0, 0.1) is 11.8 Å². The molecule has 0 radical (unpaired) electrons. The van der Waals surface area contributed by atoms with Gasteiger partial charge in [0.15, 0.2) is 0 Å². The van der Waals surface area contributed by atoms with Crippen LogP contribution >= 0.6 is 23.2 Å². The average Bonchev–Trinajstić information content (AvgIpc) is 3.38. The second-order valence-electron chi connectivity index (χ2n) is 6.33. The lowest BCUT2D eigenvalue weighted by molar-refractivity contribution is -0.135. The fraction of sp³-hybridized carbons (Fsp3) is 0.529. The third kappa shape index (κ3) is 3.85. The number of hydrogen-bond acceptors (Lipinski definition) is 3. The molecule has 7 heteroatoms. The summed E-state index contributed by atoms with van der Waals surface area (Å²) in [6, 6.07) is 4.96. The lowest BCUT2D eigenvalue weighted by Gasteiger charge is -2.34. The zero-order chi connectivity index (χ0) is 17.3. The normalized spacial score (nSPS) is 23.9. The highest BCUT2D eigenvalue weighted by molar-refractivity contribution is 6.42. The Labute approximate surface area is 151 Å². The van der Waals surface area contributed by atoms with E-state index in [1.807, 2.05) is 4.90 Å². The van der Waals surface area contributed by atoms with Gasteiger partial charge in [0, 0.05) is 31.9 Å². The summed E-state index contributed by atoms with van der Waals surface area (Å²) < 4.78 is 0. The molecule has 5 nitrogen and oxygen atoms in total. The number of likely N-dealkylation sites (N-methyl/N-ethyl adjacent to an activating group) is 1. The largest absolute Gasteiger partial charge is 0.340 e. The summed E-state index contributed by atoms with van der Waals surface area (Å²) in [6.45, 7) is 6.47. The van der Waals surface area contributed by atoms with Crippen molar-refractivity contribution in [1.82, 2.24) is 9.80 Å². The number of benzene rings is 1. The number of nitrogens with zero attached hydrogens (tertiary/aromatic N) is 2. The van der Waals surface area contributed by atoms with Crippen LogP contribution in [-0.2, 0) is 9.59 Å². The molecule has 1 heterocycles. The maximum atomic E-state index is 12.5. The second-order valence-corrected chi connectivity index (χ2v) is 7.14. The molecule has 0 bridgehead atoms. The molecule has 1 aromatic rings. The Balaban J connectivity index is 1.52. The van der Waals surface area contributed by atoms with Gasteiger partial charge < -0.3 is 15.1 Å². The number of piperazine rings is 1. The van der Waals surface area contributed by atoms with E-state index in [-0.39, 0.29) is 23.7 Å². The molecule has 2 fully saturated rings. The first kappa shape index (κ1) is 17.5. The highest BCUT2D eigenvalue weighted by Gasteiger charge is 2.49. The molecular formula is C17H21Cl2N3O2. The summed E-state index contributed by atoms with van der Waals surface area (Å²) in [4.78, 5) is 29.0. The number of nitrogens with one attached hydrogen (secondary N) is 1. The number of hydrogen-bond donors (Lipinski definition) is 1. The van der Waals surface area contributed by atoms with Crippen LogP contribution in [0.1, 0.15) is 13.3 Å². The van der Waals surface area contributed by atoms with E-state index in [1.165, 1.54) is 0 Å². The van der Waals surface area contributed by atoms with Gasteiger partial charge in [-0.2, -0.15) is 0 Å². The Morgan fingerprint density at radius 2 is 1.83 bits per heavy atom. The molecule has 1 aliphatic carbocycles. The van der Waals surface area contributed by atoms with E-state index in [1.54, 1.807) is 18.2 Å². The van der Waals surface area contributed by atoms with Crippen molar-refractivity contribution < 1.29 is 9.59 Å². The average molecular weight is 370 g/mol. The summed E-state index contributed by atoms with van der Waals surface area (Å²) in [5.74, 6) is -0.434. The van der Waals surface area contributed by atoms with E-state index in [9.17, 15) is 9.59 Å². The molecule has 2 unspecified atom stereocenters. The maximum absolute atomic E-state index is 12.5. The number of rotatable bonds is 4. The van der Waals surface area contributed by atoms with Crippen molar-refractivity contribution in [3.05, 3.63) is 28.2 Å². The number of carbonyl (C=O) groups excluding carboxylic acids is 2. The quantitative estimate of drug-likeness (QED) is 0.887. The molecule has 1 saturated heterocycles. The van der Waals surface area contributed by atoms with Gasteiger partial charge in [-0.1, -0.05) is 30.1 Å². The highest BCUT2D eigenvalue weighted by atomic mass is 35.5. The van der Waals surface area contributed by atoms with Gasteiger partial charge in [-0.3, -0.25) is 9.59 Å². The third-order valence-electron chi connectivity index (χ3n) is 4.76. The van der Waals surface area contributed by atoms with Crippen LogP contribution in [0.4, 0.5) is 5.69 Å². The van der Waals surface area contributed by atoms with E-state index in [2.05, 4.69) is 17.1 Å². The van der Waals surface area contributed by atoms with E-state index < -0.39 is 0 Å². The van der Waals surface area contributed by atoms with Crippen molar-refractivity contribution in [1.29, 1.82) is 0 Å². The number of anilines is 1. The lowest BCUT2D eigenvalue weighted by Crippen LogP contribution is -2.49. The first-order chi connectivity index (χ1) is 11.5. The molecule has 0 spiro atoms. The van der Waals surface area contributed by atoms with Crippen LogP contribution in [0.15, 0.2) is 18.2 Å². The fourth-order valence-electron chi connectivity index (χ4n) is 3.09. The van der Waals surface area contributed by atoms with Gasteiger partial charge in [-0.25, -0.2) is 0 Å². The minimum atomic E-state index is -0.240. The topological polar surface area (TPSA) is 52.7 Å². The van der Waals surface area contributed by atoms with E-state index in [4.69, 9.17) is 23.2 Å². The van der Waals surface area contributed by atoms with E-state index in [0.29, 0.717) is 22.2 Å². The van der Waals surface area contributed by atoms with Crippen molar-refractivity contribution in [2.75, 3.05) is 38.0 Å². The second kappa shape index (κ2) is 7.30. The molecule has 1 aromatic carbocycles. The maximum Gasteiger partial charge on any atom is 0.228 e. The van der Waals surface area contributed by atoms with Gasteiger partial charge in [0.25, 0.3) is 0 Å². The van der Waals surface area contributed by atoms with Gasteiger partial charge in [0.2, 0.25) is 11.8 Å². The summed E-state index contributed by atoms with van der Waals surface area (Å²) >= 11 is 11.8. The zero-order valence-corrected chi connectivity index (χ0v) is 15.1. The van der Waals surface area contributed by atoms with Crippen LogP contribution in [0.25, 0.3) is 0 Å². The Kier molecular flexibility index (Phi) is 5.33. The molecule has 1 saturated carbocycles. The van der Waals surface area contributed by atoms with Crippen molar-refractivity contribution >= 4 is 40.7 Å². The van der Waals surface area contributed by atoms with Gasteiger partial charge >= 0.3 is 0 Å². The third-order valence-corrected chi connectivity index (χ3v) is 5.50. The smallest absolute Gasteiger partial charge is 0.228 e. The SMILES string of the molecule is CCN1CCN(C(=O)C2CC2C(=O)Nc2ccc(Cl)c(Cl)c2)CC1. The monoisotopic (exact) mass is 369 g/mol. The van der Waals surface area contributed by atoms with Crippen molar-refractivity contribution in [3.63, 3.8) is 0 Å². The summed E-state index contributed by atoms with van der Waals surface area (Å²) in [7, 11) is 0. The molecule has 130 valence electrons. The minimum Gasteiger partial charge on any atom is -0.340 e. The first-order valence-corrected chi connectivity index (χ1v) is 9.02. The fourth-order valence-corrected chi connectivity index (χ4v) is 3.38. The van der Waals surface area contributed by atoms with Gasteiger partial charge in [-0.05, 0) is 31.2 Å². The molecule has 3 rings (SSSR count). The number of halogens is 2. The minimum absolute atomic E-state index is 0.111. The standard InChI is InChI=1S/C17H21Cl2N3O2/c1-2-21-5-7-22(8-6-21)17(24)13-10-12(13)16(23)20-11-3-4-14(18)15(19)9-11/h3-4,9,12-13H,2,5-8,10H2,1H3,(H,20,23). The predicted octanol–water partition coefficient (Wildman–Crippen LogP) is 2.73. The lowest BCUT2D eigenvalue weighted by atomic mass is 10.2. The zero-order valence-electron chi connectivity index (χ0n) is 13.6. The van der Waals surface area contributed by atoms with Crippen LogP contribution in [-0.4, -0.2) is 54.3 Å². The molecule has 1 aliphatic heterocycles. The molecule has 2 amide bonds. The van der Waals surface area contributed by atoms with E-state index in [0.717, 1.165) is 32.7 Å². The Morgan fingerprint density at radius 1 is 1.12 bits per heavy atom. The van der Waals surface area contributed by atoms with Gasteiger partial charge in [-0.15, -0.1) is 0 Å². The Hall–Kier alpha value is -1.30. The first-order valence-electron chi connectivity index (χ1n) is 8.26. The van der Waals surface area contributed by atoms with Crippen LogP contribution in [0.5, 0.6) is 0 Å². The van der Waals surface area contributed by atoms with Crippen LogP contribution < -0.4 is 5.32 Å². The predicted molar refractivity (Wildman–Crippen MR) is 95.4 cm³/mol. The highest BCUT2D eigenvalue weighted by Crippen LogP contribution is 2.41. The van der Waals surface area contributed by atoms with Crippen molar-refractivity contribution in [2.45, 2.75) is 13.3 Å². The van der Waals surface area contributed by atoms with Gasteiger partial charge in [0.05, 0.1) is 21.9 Å². The van der Waals surface area contributed by atoms with Gasteiger partial charge in [0.1, 0.15) is 0 Å². The van der Waals surface area contributed by atoms with Crippen molar-refractivity contribution in [3.8, 4) is 0 Å². The van der Waals surface area contributed by atoms with Crippen LogP contribution in [0.2, 0.25) is 10.0 Å². The molecular weight excluding hydrogens is 349 g/mol. The molecule has 24 heavy (non-hydrogen) atoms. The van der Waals surface area contributed by atoms with Crippen molar-refractivity contribution in [2.24, 2.45) is 11.8 Å². The summed E-state index contributed by atoms with van der Waals surface area (Å²) in [5.41, 5.74) is 0.601. The summed E-state index contributed by atoms with van der Waals surface area (Å²) in [6.07, 6.45) is 0.625. The summed E-state index contributed by atoms with van der Waals surface area (Å²) in [5, 5.41) is 3.65. The van der Waals surface area contributed by atoms with E-state index >= 15 is 0 Å². The molecule has 1 N–H and O–H groups in total.